The maximum atomic E-state index is 12.6. The van der Waals surface area contributed by atoms with Crippen LogP contribution in [-0.4, -0.2) is 50.4 Å². The molecule has 1 amide bonds. The SMILES string of the molecule is C=C1C(=CC=C2CCC[C@]3(C)C(CC)=CC[C@@H]23)C[C@](O)(SCC(=O)N(C)C(C)(C)C)C[C@@H]1O. The molecular weight excluding hydrogens is 430 g/mol. The Hall–Kier alpha value is -1.30. The van der Waals surface area contributed by atoms with Crippen molar-refractivity contribution in [3.05, 3.63) is 47.1 Å². The van der Waals surface area contributed by atoms with Gasteiger partial charge in [-0.2, -0.15) is 0 Å². The number of hydrogen-bond donors (Lipinski definition) is 2. The Balaban J connectivity index is 1.75. The normalized spacial score (nSPS) is 35.0. The molecule has 0 heterocycles. The Kier molecular flexibility index (Phi) is 7.77. The van der Waals surface area contributed by atoms with Crippen LogP contribution in [0.2, 0.25) is 0 Å². The Bertz CT molecular complexity index is 880. The predicted octanol–water partition coefficient (Wildman–Crippen LogP) is 5.78. The zero-order valence-electron chi connectivity index (χ0n) is 21.4. The van der Waals surface area contributed by atoms with Crippen LogP contribution in [0, 0.1) is 11.3 Å². The highest BCUT2D eigenvalue weighted by Gasteiger charge is 2.44. The average Bonchev–Trinajstić information content (AvgIpc) is 3.09. The number of nitrogens with zero attached hydrogens (tertiary/aromatic N) is 1. The molecule has 2 saturated carbocycles. The molecule has 2 fully saturated rings. The number of thioether (sulfide) groups is 1. The minimum Gasteiger partial charge on any atom is -0.388 e. The van der Waals surface area contributed by atoms with Gasteiger partial charge in [-0.1, -0.05) is 49.8 Å². The molecule has 3 aliphatic rings. The molecule has 2 N–H and O–H groups in total. The molecule has 0 bridgehead atoms. The third kappa shape index (κ3) is 5.52. The number of aliphatic hydroxyl groups excluding tert-OH is 1. The van der Waals surface area contributed by atoms with Gasteiger partial charge in [0, 0.05) is 25.4 Å². The molecule has 0 spiro atoms. The van der Waals surface area contributed by atoms with Gasteiger partial charge >= 0.3 is 0 Å². The summed E-state index contributed by atoms with van der Waals surface area (Å²) in [6, 6.07) is 0. The van der Waals surface area contributed by atoms with Crippen LogP contribution in [0.15, 0.2) is 47.1 Å². The summed E-state index contributed by atoms with van der Waals surface area (Å²) in [5.41, 5.74) is 4.66. The zero-order chi connectivity index (χ0) is 24.6. The lowest BCUT2D eigenvalue weighted by atomic mass is 9.64. The monoisotopic (exact) mass is 473 g/mol. The standard InChI is InChI=1S/C28H43NO3S/c1-8-22-13-14-23-20(10-9-15-27(22,23)6)11-12-21-16-28(32,17-24(30)19(21)2)33-18-25(31)29(7)26(3,4)5/h11-13,23-24,30,32H,2,8-10,14-18H2,1,3-7H3/t23-,24-,27+,28-/m0/s1. The molecule has 4 nitrogen and oxygen atoms in total. The fourth-order valence-corrected chi connectivity index (χ4v) is 6.85. The predicted molar refractivity (Wildman–Crippen MR) is 139 cm³/mol. The quantitative estimate of drug-likeness (QED) is 0.393. The molecule has 0 aromatic heterocycles. The minimum atomic E-state index is -1.18. The maximum Gasteiger partial charge on any atom is 0.232 e. The maximum absolute atomic E-state index is 12.6. The first-order valence-corrected chi connectivity index (χ1v) is 13.4. The second-order valence-electron chi connectivity index (χ2n) is 11.4. The number of aliphatic hydroxyl groups is 2. The fourth-order valence-electron chi connectivity index (χ4n) is 5.73. The fraction of sp³-hybridized carbons (Fsp3) is 0.679. The van der Waals surface area contributed by atoms with Crippen molar-refractivity contribution in [3.63, 3.8) is 0 Å². The Morgan fingerprint density at radius 3 is 2.70 bits per heavy atom. The first-order chi connectivity index (χ1) is 15.3. The largest absolute Gasteiger partial charge is 0.388 e. The van der Waals surface area contributed by atoms with E-state index in [0.717, 1.165) is 24.8 Å². The molecule has 184 valence electrons. The van der Waals surface area contributed by atoms with E-state index in [1.54, 1.807) is 17.5 Å². The van der Waals surface area contributed by atoms with Gasteiger partial charge in [0.2, 0.25) is 5.91 Å². The van der Waals surface area contributed by atoms with Gasteiger partial charge in [-0.05, 0) is 75.4 Å². The highest BCUT2D eigenvalue weighted by atomic mass is 32.2. The lowest BCUT2D eigenvalue weighted by Crippen LogP contribution is -2.44. The Morgan fingerprint density at radius 2 is 2.06 bits per heavy atom. The van der Waals surface area contributed by atoms with Crippen LogP contribution in [0.1, 0.15) is 79.6 Å². The molecule has 5 heteroatoms. The number of allylic oxidation sites excluding steroid dienone is 5. The highest BCUT2D eigenvalue weighted by Crippen LogP contribution is 2.55. The van der Waals surface area contributed by atoms with E-state index in [-0.39, 0.29) is 29.0 Å². The van der Waals surface area contributed by atoms with Gasteiger partial charge in [0.15, 0.2) is 0 Å². The molecule has 3 aliphatic carbocycles. The van der Waals surface area contributed by atoms with Gasteiger partial charge in [-0.3, -0.25) is 4.79 Å². The van der Waals surface area contributed by atoms with E-state index in [1.165, 1.54) is 30.2 Å². The van der Waals surface area contributed by atoms with Crippen molar-refractivity contribution in [1.29, 1.82) is 0 Å². The summed E-state index contributed by atoms with van der Waals surface area (Å²) in [4.78, 5) is 13.1. The minimum absolute atomic E-state index is 0.0191. The molecular formula is C28H43NO3S. The lowest BCUT2D eigenvalue weighted by Gasteiger charge is -2.41. The smallest absolute Gasteiger partial charge is 0.232 e. The van der Waals surface area contributed by atoms with Gasteiger partial charge in [0.1, 0.15) is 4.93 Å². The zero-order valence-corrected chi connectivity index (χ0v) is 22.2. The molecule has 4 atom stereocenters. The van der Waals surface area contributed by atoms with Crippen molar-refractivity contribution in [2.24, 2.45) is 11.3 Å². The lowest BCUT2D eigenvalue weighted by molar-refractivity contribution is -0.131. The Morgan fingerprint density at radius 1 is 1.36 bits per heavy atom. The van der Waals surface area contributed by atoms with E-state index in [1.807, 2.05) is 20.8 Å². The van der Waals surface area contributed by atoms with Gasteiger partial charge in [-0.15, -0.1) is 11.8 Å². The van der Waals surface area contributed by atoms with Gasteiger partial charge in [0.05, 0.1) is 11.9 Å². The number of amides is 1. The van der Waals surface area contributed by atoms with Crippen LogP contribution in [0.3, 0.4) is 0 Å². The van der Waals surface area contributed by atoms with E-state index < -0.39 is 11.0 Å². The number of carbonyl (C=O) groups excluding carboxylic acids is 1. The highest BCUT2D eigenvalue weighted by molar-refractivity contribution is 8.01. The van der Waals surface area contributed by atoms with Crippen molar-refractivity contribution in [2.45, 2.75) is 96.1 Å². The van der Waals surface area contributed by atoms with Crippen molar-refractivity contribution < 1.29 is 15.0 Å². The third-order valence-electron chi connectivity index (χ3n) is 8.23. The van der Waals surface area contributed by atoms with Crippen molar-refractivity contribution in [3.8, 4) is 0 Å². The number of fused-ring (bicyclic) bond motifs is 1. The van der Waals surface area contributed by atoms with Crippen LogP contribution >= 0.6 is 11.8 Å². The summed E-state index contributed by atoms with van der Waals surface area (Å²) in [6.45, 7) is 14.8. The second-order valence-corrected chi connectivity index (χ2v) is 12.7. The topological polar surface area (TPSA) is 60.8 Å². The van der Waals surface area contributed by atoms with Crippen LogP contribution in [-0.2, 0) is 4.79 Å². The summed E-state index contributed by atoms with van der Waals surface area (Å²) < 4.78 is 0. The van der Waals surface area contributed by atoms with Crippen molar-refractivity contribution in [2.75, 3.05) is 12.8 Å². The third-order valence-corrected chi connectivity index (χ3v) is 9.47. The van der Waals surface area contributed by atoms with Crippen molar-refractivity contribution >= 4 is 17.7 Å². The first kappa shape index (κ1) is 26.3. The molecule has 0 saturated heterocycles. The summed E-state index contributed by atoms with van der Waals surface area (Å²) >= 11 is 1.23. The van der Waals surface area contributed by atoms with E-state index in [9.17, 15) is 15.0 Å². The molecule has 0 unspecified atom stereocenters. The second kappa shape index (κ2) is 9.75. The molecule has 0 aromatic carbocycles. The summed E-state index contributed by atoms with van der Waals surface area (Å²) in [6.07, 6.45) is 12.3. The van der Waals surface area contributed by atoms with E-state index in [2.05, 4.69) is 38.7 Å². The summed E-state index contributed by atoms with van der Waals surface area (Å²) in [7, 11) is 1.79. The van der Waals surface area contributed by atoms with Crippen LogP contribution in [0.25, 0.3) is 0 Å². The van der Waals surface area contributed by atoms with Gasteiger partial charge < -0.3 is 15.1 Å². The summed E-state index contributed by atoms with van der Waals surface area (Å²) in [5.74, 6) is 0.719. The number of rotatable bonds is 5. The molecule has 0 aromatic rings. The number of hydrogen-bond acceptors (Lipinski definition) is 4. The van der Waals surface area contributed by atoms with Crippen LogP contribution < -0.4 is 0 Å². The first-order valence-electron chi connectivity index (χ1n) is 12.4. The van der Waals surface area contributed by atoms with Crippen LogP contribution in [0.5, 0.6) is 0 Å². The molecule has 3 rings (SSSR count). The van der Waals surface area contributed by atoms with Gasteiger partial charge in [0.25, 0.3) is 0 Å². The Labute approximate surface area is 204 Å². The van der Waals surface area contributed by atoms with Crippen molar-refractivity contribution in [1.82, 2.24) is 4.90 Å². The summed E-state index contributed by atoms with van der Waals surface area (Å²) in [5, 5.41) is 21.9. The van der Waals surface area contributed by atoms with E-state index in [0.29, 0.717) is 17.9 Å². The van der Waals surface area contributed by atoms with Crippen LogP contribution in [0.4, 0.5) is 0 Å². The average molecular weight is 474 g/mol. The molecule has 0 aliphatic heterocycles. The number of carbonyl (C=O) groups is 1. The van der Waals surface area contributed by atoms with E-state index in [4.69, 9.17) is 0 Å². The molecule has 0 radical (unpaired) electrons. The molecule has 33 heavy (non-hydrogen) atoms. The van der Waals surface area contributed by atoms with E-state index >= 15 is 0 Å². The van der Waals surface area contributed by atoms with Gasteiger partial charge in [-0.25, -0.2) is 0 Å².